The zero-order valence-electron chi connectivity index (χ0n) is 21.4. The average molecular weight is 458 g/mol. The molecule has 4 heteroatoms. The Morgan fingerprint density at radius 2 is 1.57 bits per heavy atom. The highest BCUT2D eigenvalue weighted by atomic mass is 19.1. The van der Waals surface area contributed by atoms with Gasteiger partial charge in [-0.15, -0.1) is 0 Å². The van der Waals surface area contributed by atoms with E-state index in [1.807, 2.05) is 72.8 Å². The molecule has 2 aromatic heterocycles. The second-order valence-corrected chi connectivity index (χ2v) is 8.25. The molecule has 0 bridgehead atoms. The Morgan fingerprint density at radius 3 is 2.31 bits per heavy atom. The third-order valence-electron chi connectivity index (χ3n) is 6.20. The van der Waals surface area contributed by atoms with E-state index in [-0.39, 0.29) is 5.69 Å². The first-order valence-corrected chi connectivity index (χ1v) is 11.1. The summed E-state index contributed by atoms with van der Waals surface area (Å²) in [6.45, 7) is -2.60. The molecule has 2 heterocycles. The van der Waals surface area contributed by atoms with Gasteiger partial charge >= 0.3 is 0 Å². The molecule has 0 fully saturated rings. The molecule has 166 valence electrons. The summed E-state index contributed by atoms with van der Waals surface area (Å²) in [5, 5.41) is 11.5. The molecule has 0 aliphatic rings. The summed E-state index contributed by atoms with van der Waals surface area (Å²) in [6, 6.07) is 30.5. The summed E-state index contributed by atoms with van der Waals surface area (Å²) in [5.41, 5.74) is 5.49. The van der Waals surface area contributed by atoms with Crippen LogP contribution in [0.1, 0.15) is 15.2 Å². The maximum Gasteiger partial charge on any atom is 0.144 e. The number of benzene rings is 4. The van der Waals surface area contributed by atoms with E-state index in [1.54, 1.807) is 12.1 Å². The van der Waals surface area contributed by atoms with Crippen LogP contribution in [0.3, 0.4) is 0 Å². The number of fused-ring (bicyclic) bond motifs is 3. The summed E-state index contributed by atoms with van der Waals surface area (Å²) >= 11 is 0. The van der Waals surface area contributed by atoms with Gasteiger partial charge in [0.25, 0.3) is 0 Å². The van der Waals surface area contributed by atoms with Crippen molar-refractivity contribution >= 4 is 21.9 Å². The minimum absolute atomic E-state index is 0.259. The zero-order valence-corrected chi connectivity index (χ0v) is 18.4. The van der Waals surface area contributed by atoms with Gasteiger partial charge in [-0.3, -0.25) is 4.98 Å². The molecule has 3 nitrogen and oxygen atoms in total. The van der Waals surface area contributed by atoms with Gasteiger partial charge in [0.2, 0.25) is 0 Å². The summed E-state index contributed by atoms with van der Waals surface area (Å²) in [4.78, 5) is 4.24. The van der Waals surface area contributed by atoms with E-state index in [9.17, 15) is 9.65 Å². The molecule has 6 aromatic rings. The van der Waals surface area contributed by atoms with Crippen molar-refractivity contribution in [2.75, 3.05) is 0 Å². The van der Waals surface area contributed by atoms with Gasteiger partial charge in [-0.25, -0.2) is 4.39 Å². The maximum atomic E-state index is 14.7. The van der Waals surface area contributed by atoms with Crippen molar-refractivity contribution in [1.82, 2.24) is 4.98 Å². The predicted octanol–water partition coefficient (Wildman–Crippen LogP) is 8.30. The lowest BCUT2D eigenvalue weighted by atomic mass is 9.95. The minimum atomic E-state index is -2.60. The second kappa shape index (κ2) is 8.23. The highest BCUT2D eigenvalue weighted by Crippen LogP contribution is 2.41. The second-order valence-electron chi connectivity index (χ2n) is 8.25. The SMILES string of the molecule is [2H]C([2H])([2H])c1cnc(-c2cccc3c2oc2c(-c4ccc(-c5ccccc5)cc4)c(C#N)ccc23)cc1F. The fourth-order valence-electron chi connectivity index (χ4n) is 4.48. The molecule has 0 N–H and O–H groups in total. The van der Waals surface area contributed by atoms with Crippen LogP contribution in [0.4, 0.5) is 4.39 Å². The lowest BCUT2D eigenvalue weighted by Crippen LogP contribution is -1.89. The van der Waals surface area contributed by atoms with Crippen LogP contribution >= 0.6 is 0 Å². The van der Waals surface area contributed by atoms with Gasteiger partial charge in [-0.1, -0.05) is 66.7 Å². The van der Waals surface area contributed by atoms with E-state index in [2.05, 4.69) is 11.1 Å². The summed E-state index contributed by atoms with van der Waals surface area (Å²) in [5.74, 6) is -0.853. The predicted molar refractivity (Wildman–Crippen MR) is 137 cm³/mol. The molecule has 0 unspecified atom stereocenters. The van der Waals surface area contributed by atoms with Gasteiger partial charge in [0.15, 0.2) is 0 Å². The van der Waals surface area contributed by atoms with Gasteiger partial charge in [0.05, 0.1) is 17.3 Å². The molecule has 0 atom stereocenters. The third-order valence-corrected chi connectivity index (χ3v) is 6.20. The van der Waals surface area contributed by atoms with E-state index in [0.29, 0.717) is 27.9 Å². The van der Waals surface area contributed by atoms with Crippen molar-refractivity contribution < 1.29 is 12.9 Å². The van der Waals surface area contributed by atoms with E-state index in [4.69, 9.17) is 8.53 Å². The summed E-state index contributed by atoms with van der Waals surface area (Å²) in [6.07, 6.45) is 1.05. The van der Waals surface area contributed by atoms with Crippen LogP contribution in [-0.4, -0.2) is 4.98 Å². The molecule has 0 amide bonds. The number of hydrogen-bond donors (Lipinski definition) is 0. The molecule has 6 rings (SSSR count). The normalized spacial score (nSPS) is 12.7. The Morgan fingerprint density at radius 1 is 0.829 bits per heavy atom. The van der Waals surface area contributed by atoms with Crippen molar-refractivity contribution in [1.29, 1.82) is 5.26 Å². The molecule has 4 aromatic carbocycles. The van der Waals surface area contributed by atoms with Gasteiger partial charge in [0.1, 0.15) is 17.0 Å². The highest BCUT2D eigenvalue weighted by molar-refractivity contribution is 6.13. The lowest BCUT2D eigenvalue weighted by Gasteiger charge is -2.07. The van der Waals surface area contributed by atoms with Crippen LogP contribution in [0.15, 0.2) is 102 Å². The average Bonchev–Trinajstić information content (AvgIpc) is 3.31. The van der Waals surface area contributed by atoms with E-state index >= 15 is 0 Å². The van der Waals surface area contributed by atoms with Crippen LogP contribution in [0.5, 0.6) is 0 Å². The van der Waals surface area contributed by atoms with Crippen molar-refractivity contribution in [3.05, 3.63) is 114 Å². The first kappa shape index (κ1) is 17.7. The summed E-state index contributed by atoms with van der Waals surface area (Å²) < 4.78 is 43.6. The van der Waals surface area contributed by atoms with Crippen molar-refractivity contribution in [2.24, 2.45) is 0 Å². The van der Waals surface area contributed by atoms with Crippen molar-refractivity contribution in [3.63, 3.8) is 0 Å². The summed E-state index contributed by atoms with van der Waals surface area (Å²) in [7, 11) is 0. The first-order valence-electron chi connectivity index (χ1n) is 12.6. The maximum absolute atomic E-state index is 14.7. The van der Waals surface area contributed by atoms with E-state index in [0.717, 1.165) is 39.7 Å². The lowest BCUT2D eigenvalue weighted by molar-refractivity contribution is 0.616. The molecule has 0 aliphatic heterocycles. The van der Waals surface area contributed by atoms with E-state index < -0.39 is 18.2 Å². The quantitative estimate of drug-likeness (QED) is 0.268. The highest BCUT2D eigenvalue weighted by Gasteiger charge is 2.19. The number of pyridine rings is 1. The third kappa shape index (κ3) is 3.46. The number of nitrogens with zero attached hydrogens (tertiary/aromatic N) is 2. The molecule has 35 heavy (non-hydrogen) atoms. The van der Waals surface area contributed by atoms with Gasteiger partial charge in [-0.2, -0.15) is 5.26 Å². The number of para-hydroxylation sites is 1. The Balaban J connectivity index is 1.54. The molecular weight excluding hydrogens is 435 g/mol. The minimum Gasteiger partial charge on any atom is -0.455 e. The molecule has 0 radical (unpaired) electrons. The molecule has 0 aliphatic carbocycles. The Kier molecular flexibility index (Phi) is 4.16. The topological polar surface area (TPSA) is 49.8 Å². The van der Waals surface area contributed by atoms with Crippen LogP contribution in [0, 0.1) is 24.0 Å². The number of nitriles is 1. The smallest absolute Gasteiger partial charge is 0.144 e. The van der Waals surface area contributed by atoms with Crippen LogP contribution < -0.4 is 0 Å². The van der Waals surface area contributed by atoms with Crippen LogP contribution in [0.25, 0.3) is 55.4 Å². The number of halogens is 1. The van der Waals surface area contributed by atoms with Gasteiger partial charge < -0.3 is 4.42 Å². The number of hydrogen-bond acceptors (Lipinski definition) is 3. The number of aryl methyl sites for hydroxylation is 1. The van der Waals surface area contributed by atoms with Crippen molar-refractivity contribution in [2.45, 2.75) is 6.85 Å². The molecule has 0 spiro atoms. The van der Waals surface area contributed by atoms with Crippen molar-refractivity contribution in [3.8, 4) is 39.6 Å². The number of furan rings is 1. The Labute approximate surface area is 205 Å². The number of aromatic nitrogens is 1. The molecular formula is C31H19FN2O. The fourth-order valence-corrected chi connectivity index (χ4v) is 4.48. The fraction of sp³-hybridized carbons (Fsp3) is 0.0323. The molecule has 0 saturated carbocycles. The van der Waals surface area contributed by atoms with Crippen LogP contribution in [0.2, 0.25) is 0 Å². The Hall–Kier alpha value is -4.75. The largest absolute Gasteiger partial charge is 0.455 e. The molecule has 0 saturated heterocycles. The van der Waals surface area contributed by atoms with E-state index in [1.165, 1.54) is 0 Å². The first-order chi connectivity index (χ1) is 18.3. The van der Waals surface area contributed by atoms with Gasteiger partial charge in [0, 0.05) is 43.8 Å². The monoisotopic (exact) mass is 457 g/mol. The Bertz CT molecular complexity index is 1870. The standard InChI is InChI=1S/C31H19FN2O/c1-19-18-34-28(16-27(19)32)26-9-5-8-24-25-15-14-23(17-33)29(31(25)35-30(24)26)22-12-10-21(11-13-22)20-6-3-2-4-7-20/h2-16,18H,1H3/i1D3. The zero-order chi connectivity index (χ0) is 26.4. The van der Waals surface area contributed by atoms with Gasteiger partial charge in [-0.05, 0) is 41.7 Å². The van der Waals surface area contributed by atoms with Crippen LogP contribution in [-0.2, 0) is 0 Å². The number of rotatable bonds is 3.